The lowest BCUT2D eigenvalue weighted by molar-refractivity contribution is -0.137. The monoisotopic (exact) mass is 320 g/mol. The molecule has 1 aromatic rings. The second-order valence-corrected chi connectivity index (χ2v) is 5.79. The third-order valence-corrected chi connectivity index (χ3v) is 4.06. The third kappa shape index (κ3) is 6.97. The summed E-state index contributed by atoms with van der Waals surface area (Å²) in [6.07, 6.45) is 3.81. The molecule has 0 spiro atoms. The molecule has 0 saturated carbocycles. The SMILES string of the molecule is CCOC(=O)/C=C/[C@](C)(CC)[C@@H](O)CCOCc1ccccc1. The molecule has 4 heteroatoms. The van der Waals surface area contributed by atoms with Crippen LogP contribution in [0, 0.1) is 5.41 Å². The van der Waals surface area contributed by atoms with E-state index in [9.17, 15) is 9.90 Å². The van der Waals surface area contributed by atoms with Gasteiger partial charge in [0, 0.05) is 18.1 Å². The molecular formula is C19H28O4. The minimum atomic E-state index is -0.575. The van der Waals surface area contributed by atoms with Crippen molar-refractivity contribution in [1.29, 1.82) is 0 Å². The summed E-state index contributed by atoms with van der Waals surface area (Å²) >= 11 is 0. The number of hydrogen-bond acceptors (Lipinski definition) is 4. The van der Waals surface area contributed by atoms with E-state index in [2.05, 4.69) is 0 Å². The smallest absolute Gasteiger partial charge is 0.330 e. The molecule has 0 heterocycles. The van der Waals surface area contributed by atoms with Crippen LogP contribution in [-0.4, -0.2) is 30.4 Å². The molecule has 23 heavy (non-hydrogen) atoms. The zero-order valence-corrected chi connectivity index (χ0v) is 14.3. The summed E-state index contributed by atoms with van der Waals surface area (Å²) in [5, 5.41) is 10.4. The molecule has 0 aromatic heterocycles. The predicted octanol–water partition coefficient (Wildman–Crippen LogP) is 3.49. The van der Waals surface area contributed by atoms with E-state index in [1.165, 1.54) is 6.08 Å². The van der Waals surface area contributed by atoms with E-state index in [4.69, 9.17) is 9.47 Å². The van der Waals surface area contributed by atoms with Crippen molar-refractivity contribution in [1.82, 2.24) is 0 Å². The van der Waals surface area contributed by atoms with E-state index in [1.807, 2.05) is 44.2 Å². The highest BCUT2D eigenvalue weighted by Gasteiger charge is 2.28. The fourth-order valence-corrected chi connectivity index (χ4v) is 2.20. The Hall–Kier alpha value is -1.65. The molecule has 0 aliphatic rings. The summed E-state index contributed by atoms with van der Waals surface area (Å²) < 4.78 is 10.5. The summed E-state index contributed by atoms with van der Waals surface area (Å²) in [6.45, 7) is 7.05. The van der Waals surface area contributed by atoms with Gasteiger partial charge < -0.3 is 14.6 Å². The van der Waals surface area contributed by atoms with Gasteiger partial charge in [-0.1, -0.05) is 50.3 Å². The number of esters is 1. The molecule has 0 aliphatic carbocycles. The number of rotatable bonds is 10. The van der Waals surface area contributed by atoms with Crippen molar-refractivity contribution in [2.75, 3.05) is 13.2 Å². The normalized spacial score (nSPS) is 15.3. The number of ether oxygens (including phenoxy) is 2. The average molecular weight is 320 g/mol. The van der Waals surface area contributed by atoms with Gasteiger partial charge in [-0.25, -0.2) is 4.79 Å². The van der Waals surface area contributed by atoms with Crippen LogP contribution in [0.1, 0.15) is 39.2 Å². The Morgan fingerprint density at radius 2 is 2.00 bits per heavy atom. The molecular weight excluding hydrogens is 292 g/mol. The molecule has 0 fully saturated rings. The van der Waals surface area contributed by atoms with Crippen LogP contribution in [-0.2, 0) is 20.9 Å². The number of carbonyl (C=O) groups excluding carboxylic acids is 1. The lowest BCUT2D eigenvalue weighted by Gasteiger charge is -2.30. The van der Waals surface area contributed by atoms with Gasteiger partial charge in [0.05, 0.1) is 19.3 Å². The first-order chi connectivity index (χ1) is 11.0. The Morgan fingerprint density at radius 3 is 2.61 bits per heavy atom. The van der Waals surface area contributed by atoms with Gasteiger partial charge in [-0.3, -0.25) is 0 Å². The standard InChI is InChI=1S/C19H28O4/c1-4-19(3,13-11-18(21)23-5-2)17(20)12-14-22-15-16-9-7-6-8-10-16/h6-11,13,17,20H,4-5,12,14-15H2,1-3H3/b13-11+/t17-,19-/m0/s1. The van der Waals surface area contributed by atoms with E-state index in [0.717, 1.165) is 12.0 Å². The van der Waals surface area contributed by atoms with Crippen molar-refractivity contribution in [2.24, 2.45) is 5.41 Å². The quantitative estimate of drug-likeness (QED) is 0.407. The molecule has 0 amide bonds. The van der Waals surface area contributed by atoms with Crippen LogP contribution in [0.2, 0.25) is 0 Å². The topological polar surface area (TPSA) is 55.8 Å². The zero-order chi connectivity index (χ0) is 17.1. The number of aliphatic hydroxyl groups excluding tert-OH is 1. The number of hydrogen-bond donors (Lipinski definition) is 1. The Labute approximate surface area is 139 Å². The molecule has 0 saturated heterocycles. The van der Waals surface area contributed by atoms with Gasteiger partial charge in [0.1, 0.15) is 0 Å². The summed E-state index contributed by atoms with van der Waals surface area (Å²) in [4.78, 5) is 11.4. The lowest BCUT2D eigenvalue weighted by atomic mass is 9.80. The van der Waals surface area contributed by atoms with Gasteiger partial charge in [0.2, 0.25) is 0 Å². The summed E-state index contributed by atoms with van der Waals surface area (Å²) in [6, 6.07) is 9.93. The van der Waals surface area contributed by atoms with Gasteiger partial charge in [-0.15, -0.1) is 0 Å². The first-order valence-corrected chi connectivity index (χ1v) is 8.17. The fraction of sp³-hybridized carbons (Fsp3) is 0.526. The van der Waals surface area contributed by atoms with Crippen molar-refractivity contribution >= 4 is 5.97 Å². The van der Waals surface area contributed by atoms with Crippen LogP contribution in [0.3, 0.4) is 0 Å². The van der Waals surface area contributed by atoms with Crippen molar-refractivity contribution in [3.05, 3.63) is 48.0 Å². The minimum absolute atomic E-state index is 0.349. The maximum atomic E-state index is 11.4. The largest absolute Gasteiger partial charge is 0.463 e. The van der Waals surface area contributed by atoms with Crippen molar-refractivity contribution in [3.8, 4) is 0 Å². The molecule has 128 valence electrons. The maximum absolute atomic E-state index is 11.4. The second-order valence-electron chi connectivity index (χ2n) is 5.79. The Kier molecular flexibility index (Phi) is 8.59. The average Bonchev–Trinajstić information content (AvgIpc) is 2.57. The lowest BCUT2D eigenvalue weighted by Crippen LogP contribution is -2.31. The van der Waals surface area contributed by atoms with E-state index in [0.29, 0.717) is 26.2 Å². The van der Waals surface area contributed by atoms with Crippen LogP contribution in [0.4, 0.5) is 0 Å². The molecule has 1 aromatic carbocycles. The van der Waals surface area contributed by atoms with E-state index >= 15 is 0 Å². The molecule has 0 aliphatic heterocycles. The first kappa shape index (κ1) is 19.4. The van der Waals surface area contributed by atoms with Crippen LogP contribution >= 0.6 is 0 Å². The highest BCUT2D eigenvalue weighted by molar-refractivity contribution is 5.82. The van der Waals surface area contributed by atoms with Crippen molar-refractivity contribution in [3.63, 3.8) is 0 Å². The van der Waals surface area contributed by atoms with Gasteiger partial charge in [-0.2, -0.15) is 0 Å². The highest BCUT2D eigenvalue weighted by atomic mass is 16.5. The Morgan fingerprint density at radius 1 is 1.30 bits per heavy atom. The second kappa shape index (κ2) is 10.2. The molecule has 1 rings (SSSR count). The maximum Gasteiger partial charge on any atom is 0.330 e. The third-order valence-electron chi connectivity index (χ3n) is 4.06. The molecule has 0 bridgehead atoms. The van der Waals surface area contributed by atoms with E-state index in [-0.39, 0.29) is 5.97 Å². The molecule has 2 atom stereocenters. The predicted molar refractivity (Wildman–Crippen MR) is 90.9 cm³/mol. The van der Waals surface area contributed by atoms with Crippen molar-refractivity contribution < 1.29 is 19.4 Å². The van der Waals surface area contributed by atoms with Gasteiger partial charge in [0.25, 0.3) is 0 Å². The minimum Gasteiger partial charge on any atom is -0.463 e. The zero-order valence-electron chi connectivity index (χ0n) is 14.3. The fourth-order valence-electron chi connectivity index (χ4n) is 2.20. The Bertz CT molecular complexity index is 483. The van der Waals surface area contributed by atoms with Crippen LogP contribution in [0.25, 0.3) is 0 Å². The first-order valence-electron chi connectivity index (χ1n) is 8.17. The van der Waals surface area contributed by atoms with Gasteiger partial charge in [0.15, 0.2) is 0 Å². The molecule has 0 unspecified atom stereocenters. The molecule has 1 N–H and O–H groups in total. The van der Waals surface area contributed by atoms with Crippen LogP contribution in [0.15, 0.2) is 42.5 Å². The highest BCUT2D eigenvalue weighted by Crippen LogP contribution is 2.29. The molecule has 4 nitrogen and oxygen atoms in total. The number of aliphatic hydroxyl groups is 1. The summed E-state index contributed by atoms with van der Waals surface area (Å²) in [7, 11) is 0. The van der Waals surface area contributed by atoms with E-state index < -0.39 is 11.5 Å². The number of carbonyl (C=O) groups is 1. The van der Waals surface area contributed by atoms with Crippen molar-refractivity contribution in [2.45, 2.75) is 46.3 Å². The number of benzene rings is 1. The van der Waals surface area contributed by atoms with Crippen LogP contribution < -0.4 is 0 Å². The van der Waals surface area contributed by atoms with Gasteiger partial charge >= 0.3 is 5.97 Å². The summed E-state index contributed by atoms with van der Waals surface area (Å²) in [5.74, 6) is -0.375. The Balaban J connectivity index is 2.43. The van der Waals surface area contributed by atoms with Gasteiger partial charge in [-0.05, 0) is 25.3 Å². The van der Waals surface area contributed by atoms with E-state index in [1.54, 1.807) is 13.0 Å². The molecule has 0 radical (unpaired) electrons. The van der Waals surface area contributed by atoms with Crippen LogP contribution in [0.5, 0.6) is 0 Å². The summed E-state index contributed by atoms with van der Waals surface area (Å²) in [5.41, 5.74) is 0.644.